The molecule has 5 heteroatoms. The van der Waals surface area contributed by atoms with Gasteiger partial charge in [0.15, 0.2) is 0 Å². The van der Waals surface area contributed by atoms with Gasteiger partial charge in [-0.2, -0.15) is 0 Å². The van der Waals surface area contributed by atoms with Crippen molar-refractivity contribution in [2.24, 2.45) is 40.9 Å². The van der Waals surface area contributed by atoms with Crippen LogP contribution in [0.5, 0.6) is 0 Å². The molecule has 3 rings (SSSR count). The molecular weight excluding hydrogens is 462 g/mol. The monoisotopic (exact) mass is 517 g/mol. The molecule has 0 bridgehead atoms. The highest BCUT2D eigenvalue weighted by Gasteiger charge is 2.48. The summed E-state index contributed by atoms with van der Waals surface area (Å²) in [6.45, 7) is 13.8. The molecule has 0 radical (unpaired) electrons. The molecule has 0 aromatic rings. The molecule has 2 fully saturated rings. The zero-order valence-electron chi connectivity index (χ0n) is 24.5. The SMILES string of the molecule is CC1CCC2C(CC=C3CC(NC(=O)CCCC(=O)O)CCC32C)C(C)CCC1C(C)CCC(C)(C)O. The Morgan fingerprint density at radius 3 is 2.49 bits per heavy atom. The lowest BCUT2D eigenvalue weighted by molar-refractivity contribution is -0.137. The minimum atomic E-state index is -0.836. The van der Waals surface area contributed by atoms with Gasteiger partial charge in [0.1, 0.15) is 0 Å². The van der Waals surface area contributed by atoms with Crippen molar-refractivity contribution in [2.45, 2.75) is 137 Å². The predicted octanol–water partition coefficient (Wildman–Crippen LogP) is 7.13. The van der Waals surface area contributed by atoms with E-state index in [1.807, 2.05) is 13.8 Å². The topological polar surface area (TPSA) is 86.6 Å². The predicted molar refractivity (Wildman–Crippen MR) is 150 cm³/mol. The summed E-state index contributed by atoms with van der Waals surface area (Å²) in [6.07, 6.45) is 14.7. The second-order valence-electron chi connectivity index (χ2n) is 14.0. The number of carboxylic acid groups (broad SMARTS) is 1. The average molecular weight is 518 g/mol. The van der Waals surface area contributed by atoms with Crippen LogP contribution in [0.1, 0.15) is 125 Å². The molecule has 0 aromatic carbocycles. The molecule has 3 aliphatic carbocycles. The molecule has 37 heavy (non-hydrogen) atoms. The largest absolute Gasteiger partial charge is 0.481 e. The molecule has 8 atom stereocenters. The van der Waals surface area contributed by atoms with Gasteiger partial charge in [0.05, 0.1) is 5.60 Å². The van der Waals surface area contributed by atoms with E-state index in [4.69, 9.17) is 5.11 Å². The van der Waals surface area contributed by atoms with Crippen LogP contribution in [0.2, 0.25) is 0 Å². The van der Waals surface area contributed by atoms with Crippen molar-refractivity contribution in [3.05, 3.63) is 11.6 Å². The number of nitrogens with one attached hydrogen (secondary N) is 1. The molecule has 8 unspecified atom stereocenters. The molecule has 0 aromatic heterocycles. The number of amides is 1. The fourth-order valence-electron chi connectivity index (χ4n) is 8.13. The summed E-state index contributed by atoms with van der Waals surface area (Å²) in [7, 11) is 0. The van der Waals surface area contributed by atoms with Crippen LogP contribution in [-0.4, -0.2) is 33.7 Å². The van der Waals surface area contributed by atoms with E-state index in [1.165, 1.54) is 32.1 Å². The van der Waals surface area contributed by atoms with E-state index >= 15 is 0 Å². The van der Waals surface area contributed by atoms with Gasteiger partial charge in [0.25, 0.3) is 0 Å². The van der Waals surface area contributed by atoms with E-state index in [0.717, 1.165) is 49.9 Å². The molecule has 0 saturated heterocycles. The fraction of sp³-hybridized carbons (Fsp3) is 0.875. The molecule has 3 N–H and O–H groups in total. The Balaban J connectivity index is 1.65. The number of carboxylic acids is 1. The van der Waals surface area contributed by atoms with E-state index in [2.05, 4.69) is 39.1 Å². The van der Waals surface area contributed by atoms with Gasteiger partial charge in [0.2, 0.25) is 5.91 Å². The lowest BCUT2D eigenvalue weighted by atomic mass is 9.53. The second-order valence-corrected chi connectivity index (χ2v) is 14.0. The summed E-state index contributed by atoms with van der Waals surface area (Å²) in [5.41, 5.74) is 1.21. The summed E-state index contributed by atoms with van der Waals surface area (Å²) >= 11 is 0. The number of aliphatic hydroxyl groups is 1. The highest BCUT2D eigenvalue weighted by Crippen LogP contribution is 2.57. The number of rotatable bonds is 9. The van der Waals surface area contributed by atoms with Gasteiger partial charge >= 0.3 is 5.97 Å². The van der Waals surface area contributed by atoms with Gasteiger partial charge < -0.3 is 15.5 Å². The van der Waals surface area contributed by atoms with Crippen molar-refractivity contribution in [3.8, 4) is 0 Å². The number of hydrogen-bond donors (Lipinski definition) is 3. The van der Waals surface area contributed by atoms with Gasteiger partial charge in [-0.1, -0.05) is 52.2 Å². The summed E-state index contributed by atoms with van der Waals surface area (Å²) < 4.78 is 0. The first-order valence-corrected chi connectivity index (χ1v) is 15.2. The van der Waals surface area contributed by atoms with E-state index in [9.17, 15) is 14.7 Å². The fourth-order valence-corrected chi connectivity index (χ4v) is 8.13. The molecule has 0 heterocycles. The standard InChI is InChI=1S/C32H55NO4/c1-21-11-15-28-27(22(2)10-13-26(21)23(3)16-18-31(4,5)37)14-12-24-20-25(17-19-32(24,28)6)33-29(34)8-7-9-30(35)36/h12,21-23,25-28,37H,7-11,13-20H2,1-6H3,(H,33,34)(H,35,36). The van der Waals surface area contributed by atoms with Crippen LogP contribution in [0, 0.1) is 40.9 Å². The number of hydrogen-bond acceptors (Lipinski definition) is 3. The Labute approximate surface area is 226 Å². The molecule has 212 valence electrons. The van der Waals surface area contributed by atoms with Crippen LogP contribution >= 0.6 is 0 Å². The summed E-state index contributed by atoms with van der Waals surface area (Å²) in [6, 6.07) is 0.182. The number of allylic oxidation sites excluding steroid dienone is 1. The smallest absolute Gasteiger partial charge is 0.303 e. The van der Waals surface area contributed by atoms with Gasteiger partial charge in [-0.25, -0.2) is 0 Å². The maximum absolute atomic E-state index is 12.4. The number of fused-ring (bicyclic) bond motifs is 3. The van der Waals surface area contributed by atoms with Crippen molar-refractivity contribution < 1.29 is 19.8 Å². The first-order chi connectivity index (χ1) is 17.3. The van der Waals surface area contributed by atoms with E-state index in [1.54, 1.807) is 5.57 Å². The van der Waals surface area contributed by atoms with Gasteiger partial charge in [-0.15, -0.1) is 0 Å². The van der Waals surface area contributed by atoms with Crippen LogP contribution in [0.3, 0.4) is 0 Å². The van der Waals surface area contributed by atoms with Gasteiger partial charge in [-0.05, 0) is 113 Å². The summed E-state index contributed by atoms with van der Waals surface area (Å²) in [5.74, 6) is 3.43. The number of carbonyl (C=O) groups is 2. The molecule has 0 spiro atoms. The third-order valence-corrected chi connectivity index (χ3v) is 10.6. The maximum Gasteiger partial charge on any atom is 0.303 e. The minimum Gasteiger partial charge on any atom is -0.481 e. The van der Waals surface area contributed by atoms with Crippen molar-refractivity contribution in [1.29, 1.82) is 0 Å². The molecule has 2 saturated carbocycles. The summed E-state index contributed by atoms with van der Waals surface area (Å²) in [5, 5.41) is 22.3. The third-order valence-electron chi connectivity index (χ3n) is 10.6. The Morgan fingerprint density at radius 2 is 1.81 bits per heavy atom. The Morgan fingerprint density at radius 1 is 1.11 bits per heavy atom. The summed E-state index contributed by atoms with van der Waals surface area (Å²) in [4.78, 5) is 23.2. The zero-order chi connectivity index (χ0) is 27.4. The van der Waals surface area contributed by atoms with E-state index in [-0.39, 0.29) is 23.8 Å². The molecule has 1 amide bonds. The number of aliphatic carboxylic acids is 1. The lowest BCUT2D eigenvalue weighted by Crippen LogP contribution is -2.47. The first-order valence-electron chi connectivity index (χ1n) is 15.2. The minimum absolute atomic E-state index is 0.00113. The van der Waals surface area contributed by atoms with Crippen LogP contribution in [0.25, 0.3) is 0 Å². The van der Waals surface area contributed by atoms with Crippen LogP contribution in [-0.2, 0) is 9.59 Å². The molecule has 3 aliphatic rings. The van der Waals surface area contributed by atoms with Crippen molar-refractivity contribution >= 4 is 11.9 Å². The highest BCUT2D eigenvalue weighted by molar-refractivity contribution is 5.77. The Bertz CT molecular complexity index is 814. The maximum atomic E-state index is 12.4. The Hall–Kier alpha value is -1.36. The number of carbonyl (C=O) groups excluding carboxylic acids is 1. The zero-order valence-corrected chi connectivity index (χ0v) is 24.5. The lowest BCUT2D eigenvalue weighted by Gasteiger charge is -2.52. The first kappa shape index (κ1) is 30.2. The van der Waals surface area contributed by atoms with Crippen LogP contribution in [0.15, 0.2) is 11.6 Å². The van der Waals surface area contributed by atoms with E-state index < -0.39 is 11.6 Å². The van der Waals surface area contributed by atoms with Gasteiger partial charge in [0, 0.05) is 18.9 Å². The van der Waals surface area contributed by atoms with Gasteiger partial charge in [-0.3, -0.25) is 9.59 Å². The quantitative estimate of drug-likeness (QED) is 0.284. The van der Waals surface area contributed by atoms with Crippen molar-refractivity contribution in [1.82, 2.24) is 5.32 Å². The molecule has 5 nitrogen and oxygen atoms in total. The normalized spacial score (nSPS) is 35.6. The second kappa shape index (κ2) is 12.7. The third kappa shape index (κ3) is 8.07. The highest BCUT2D eigenvalue weighted by atomic mass is 16.4. The molecule has 0 aliphatic heterocycles. The van der Waals surface area contributed by atoms with Crippen LogP contribution in [0.4, 0.5) is 0 Å². The Kier molecular flexibility index (Phi) is 10.3. The van der Waals surface area contributed by atoms with Crippen molar-refractivity contribution in [2.75, 3.05) is 0 Å². The molecular formula is C32H55NO4. The van der Waals surface area contributed by atoms with Crippen molar-refractivity contribution in [3.63, 3.8) is 0 Å². The van der Waals surface area contributed by atoms with E-state index in [0.29, 0.717) is 30.6 Å². The average Bonchev–Trinajstić information content (AvgIpc) is 2.86. The van der Waals surface area contributed by atoms with Crippen LogP contribution < -0.4 is 5.32 Å².